The number of hydrogen-bond donors (Lipinski definition) is 2. The molecule has 0 aromatic carbocycles. The largest absolute Gasteiger partial charge is 0.435 e. The molecule has 0 bridgehead atoms. The fourth-order valence-corrected chi connectivity index (χ4v) is 3.94. The van der Waals surface area contributed by atoms with Crippen molar-refractivity contribution in [2.75, 3.05) is 0 Å². The molecule has 1 aromatic rings. The van der Waals surface area contributed by atoms with E-state index in [1.54, 1.807) is 13.8 Å². The van der Waals surface area contributed by atoms with Crippen LogP contribution in [0.4, 0.5) is 13.2 Å². The van der Waals surface area contributed by atoms with Crippen molar-refractivity contribution < 1.29 is 18.0 Å². The number of alkyl halides is 3. The number of piperidine rings is 1. The highest BCUT2D eigenvalue weighted by Crippen LogP contribution is 2.30. The van der Waals surface area contributed by atoms with Crippen LogP contribution >= 0.6 is 0 Å². The van der Waals surface area contributed by atoms with Crippen LogP contribution in [0, 0.1) is 12.8 Å². The molecule has 0 spiro atoms. The lowest BCUT2D eigenvalue weighted by atomic mass is 9.79. The average Bonchev–Trinajstić information content (AvgIpc) is 2.76. The lowest BCUT2D eigenvalue weighted by Gasteiger charge is -2.46. The van der Waals surface area contributed by atoms with Gasteiger partial charge in [-0.1, -0.05) is 6.92 Å². The van der Waals surface area contributed by atoms with Crippen LogP contribution in [0.3, 0.4) is 0 Å². The molecule has 2 N–H and O–H groups in total. The maximum absolute atomic E-state index is 12.8. The number of nitrogens with one attached hydrogen (secondary N) is 2. The highest BCUT2D eigenvalue weighted by Gasteiger charge is 2.39. The Morgan fingerprint density at radius 3 is 2.35 bits per heavy atom. The number of rotatable bonds is 4. The van der Waals surface area contributed by atoms with Crippen molar-refractivity contribution in [1.82, 2.24) is 20.4 Å². The average molecular weight is 374 g/mol. The lowest BCUT2D eigenvalue weighted by Crippen LogP contribution is -2.62. The predicted molar refractivity (Wildman–Crippen MR) is 93.6 cm³/mol. The van der Waals surface area contributed by atoms with E-state index < -0.39 is 17.8 Å². The zero-order valence-corrected chi connectivity index (χ0v) is 16.3. The van der Waals surface area contributed by atoms with Crippen LogP contribution in [0.5, 0.6) is 0 Å². The van der Waals surface area contributed by atoms with Gasteiger partial charge in [-0.3, -0.25) is 9.48 Å². The Balaban J connectivity index is 2.01. The van der Waals surface area contributed by atoms with Crippen LogP contribution in [0.1, 0.15) is 58.8 Å². The molecule has 0 radical (unpaired) electrons. The Morgan fingerprint density at radius 2 is 1.88 bits per heavy atom. The van der Waals surface area contributed by atoms with Crippen LogP contribution in [-0.2, 0) is 17.5 Å². The number of hydrogen-bond acceptors (Lipinski definition) is 3. The number of carbonyl (C=O) groups excluding carboxylic acids is 1. The fraction of sp³-hybridized carbons (Fsp3) is 0.778. The van der Waals surface area contributed by atoms with E-state index in [0.717, 1.165) is 18.9 Å². The second kappa shape index (κ2) is 6.87. The van der Waals surface area contributed by atoms with E-state index in [4.69, 9.17) is 0 Å². The molecule has 2 heterocycles. The molecule has 1 atom stereocenters. The number of nitrogens with zero attached hydrogens (tertiary/aromatic N) is 2. The zero-order valence-electron chi connectivity index (χ0n) is 16.3. The number of amides is 1. The molecule has 148 valence electrons. The Labute approximate surface area is 152 Å². The third-order valence-corrected chi connectivity index (χ3v) is 4.70. The summed E-state index contributed by atoms with van der Waals surface area (Å²) in [5.41, 5.74) is -0.725. The molecule has 2 rings (SSSR count). The second-order valence-corrected chi connectivity index (χ2v) is 8.76. The predicted octanol–water partition coefficient (Wildman–Crippen LogP) is 3.27. The summed E-state index contributed by atoms with van der Waals surface area (Å²) >= 11 is 0. The van der Waals surface area contributed by atoms with Gasteiger partial charge in [0, 0.05) is 22.8 Å². The van der Waals surface area contributed by atoms with Gasteiger partial charge in [0.05, 0.1) is 12.5 Å². The Morgan fingerprint density at radius 1 is 1.35 bits per heavy atom. The van der Waals surface area contributed by atoms with Crippen molar-refractivity contribution >= 4 is 5.91 Å². The molecule has 0 saturated carbocycles. The van der Waals surface area contributed by atoms with Crippen molar-refractivity contribution in [2.24, 2.45) is 5.92 Å². The Bertz CT molecular complexity index is 648. The minimum Gasteiger partial charge on any atom is -0.353 e. The van der Waals surface area contributed by atoms with Crippen LogP contribution < -0.4 is 10.6 Å². The molecule has 1 aliphatic heterocycles. The second-order valence-electron chi connectivity index (χ2n) is 8.76. The summed E-state index contributed by atoms with van der Waals surface area (Å²) in [6.07, 6.45) is -2.88. The monoisotopic (exact) mass is 374 g/mol. The number of aryl methyl sites for hydroxylation is 1. The summed E-state index contributed by atoms with van der Waals surface area (Å²) in [6.45, 7) is 11.8. The van der Waals surface area contributed by atoms with Crippen LogP contribution in [-0.4, -0.2) is 32.8 Å². The van der Waals surface area contributed by atoms with Gasteiger partial charge in [-0.2, -0.15) is 18.3 Å². The van der Waals surface area contributed by atoms with Crippen molar-refractivity contribution in [3.8, 4) is 0 Å². The third-order valence-electron chi connectivity index (χ3n) is 4.70. The molecule has 1 saturated heterocycles. The fourth-order valence-electron chi connectivity index (χ4n) is 3.94. The van der Waals surface area contributed by atoms with E-state index in [0.29, 0.717) is 5.69 Å². The summed E-state index contributed by atoms with van der Waals surface area (Å²) in [5.74, 6) is -0.636. The van der Waals surface area contributed by atoms with Gasteiger partial charge in [0.1, 0.15) is 0 Å². The highest BCUT2D eigenvalue weighted by molar-refractivity contribution is 5.78. The third kappa shape index (κ3) is 5.22. The van der Waals surface area contributed by atoms with E-state index in [2.05, 4.69) is 43.4 Å². The van der Waals surface area contributed by atoms with Crippen LogP contribution in [0.15, 0.2) is 6.07 Å². The highest BCUT2D eigenvalue weighted by atomic mass is 19.4. The lowest BCUT2D eigenvalue weighted by molar-refractivity contribution is -0.141. The van der Waals surface area contributed by atoms with Crippen LogP contribution in [0.2, 0.25) is 0 Å². The summed E-state index contributed by atoms with van der Waals surface area (Å²) < 4.78 is 39.6. The van der Waals surface area contributed by atoms with Gasteiger partial charge in [-0.15, -0.1) is 0 Å². The molecule has 26 heavy (non-hydrogen) atoms. The molecule has 1 aliphatic rings. The first-order valence-corrected chi connectivity index (χ1v) is 8.90. The van der Waals surface area contributed by atoms with Gasteiger partial charge in [0.25, 0.3) is 0 Å². The van der Waals surface area contributed by atoms with Gasteiger partial charge in [0.15, 0.2) is 5.69 Å². The van der Waals surface area contributed by atoms with Crippen LogP contribution in [0.25, 0.3) is 0 Å². The zero-order chi connectivity index (χ0) is 19.9. The maximum Gasteiger partial charge on any atom is 0.435 e. The first-order chi connectivity index (χ1) is 11.7. The molecule has 1 unspecified atom stereocenters. The van der Waals surface area contributed by atoms with Crippen molar-refractivity contribution in [1.29, 1.82) is 0 Å². The quantitative estimate of drug-likeness (QED) is 0.850. The van der Waals surface area contributed by atoms with Gasteiger partial charge >= 0.3 is 6.18 Å². The van der Waals surface area contributed by atoms with Gasteiger partial charge in [-0.25, -0.2) is 0 Å². The molecular formula is C18H29F3N4O. The smallest absolute Gasteiger partial charge is 0.353 e. The van der Waals surface area contributed by atoms with E-state index >= 15 is 0 Å². The SMILES string of the molecule is Cc1cc(C(F)(F)F)nn1CC(C)C(=O)NC1CC(C)(C)NC(C)(C)C1. The number of aromatic nitrogens is 2. The Hall–Kier alpha value is -1.57. The summed E-state index contributed by atoms with van der Waals surface area (Å²) in [6, 6.07) is 1.03. The number of halogens is 3. The minimum absolute atomic E-state index is 0.0284. The van der Waals surface area contributed by atoms with E-state index in [9.17, 15) is 18.0 Å². The van der Waals surface area contributed by atoms with Crippen molar-refractivity contribution in [3.05, 3.63) is 17.5 Å². The summed E-state index contributed by atoms with van der Waals surface area (Å²) in [7, 11) is 0. The molecule has 8 heteroatoms. The van der Waals surface area contributed by atoms with Crippen molar-refractivity contribution in [3.63, 3.8) is 0 Å². The van der Waals surface area contributed by atoms with E-state index in [1.807, 2.05) is 0 Å². The molecule has 1 aromatic heterocycles. The molecule has 1 fully saturated rings. The molecular weight excluding hydrogens is 345 g/mol. The van der Waals surface area contributed by atoms with Crippen molar-refractivity contribution in [2.45, 2.75) is 84.2 Å². The van der Waals surface area contributed by atoms with Gasteiger partial charge < -0.3 is 10.6 Å². The Kier molecular flexibility index (Phi) is 5.48. The molecule has 5 nitrogen and oxygen atoms in total. The minimum atomic E-state index is -4.48. The standard InChI is InChI=1S/C18H29F3N4O/c1-11(10-25-12(2)7-14(23-25)18(19,20)21)15(26)22-13-8-16(3,4)24-17(5,6)9-13/h7,11,13,24H,8-10H2,1-6H3,(H,22,26). The normalized spacial score (nSPS) is 21.4. The first kappa shape index (κ1) is 20.7. The maximum atomic E-state index is 12.8. The first-order valence-electron chi connectivity index (χ1n) is 8.90. The van der Waals surface area contributed by atoms with E-state index in [1.165, 1.54) is 4.68 Å². The molecule has 1 amide bonds. The van der Waals surface area contributed by atoms with E-state index in [-0.39, 0.29) is 29.6 Å². The topological polar surface area (TPSA) is 59.0 Å². The molecule has 0 aliphatic carbocycles. The van der Waals surface area contributed by atoms with Gasteiger partial charge in [0.2, 0.25) is 5.91 Å². The summed E-state index contributed by atoms with van der Waals surface area (Å²) in [5, 5.41) is 10.2. The summed E-state index contributed by atoms with van der Waals surface area (Å²) in [4.78, 5) is 12.6. The number of carbonyl (C=O) groups is 1. The van der Waals surface area contributed by atoms with Gasteiger partial charge in [-0.05, 0) is 53.5 Å².